The van der Waals surface area contributed by atoms with Crippen LogP contribution in [0.3, 0.4) is 0 Å². The minimum atomic E-state index is -0.200. The SMILES string of the molecule is COc1ccccc1C(=O)[C@H]1CCCN(C(=O)CCN2CCCCCC2=O)C1. The summed E-state index contributed by atoms with van der Waals surface area (Å²) in [6.07, 6.45) is 5.57. The number of carbonyl (C=O) groups excluding carboxylic acids is 3. The number of hydrogen-bond donors (Lipinski definition) is 0. The molecule has 2 aliphatic rings. The molecule has 2 saturated heterocycles. The van der Waals surface area contributed by atoms with Crippen molar-refractivity contribution in [2.24, 2.45) is 5.92 Å². The maximum Gasteiger partial charge on any atom is 0.224 e. The van der Waals surface area contributed by atoms with Gasteiger partial charge in [-0.3, -0.25) is 14.4 Å². The fourth-order valence-corrected chi connectivity index (χ4v) is 4.15. The molecule has 152 valence electrons. The van der Waals surface area contributed by atoms with Crippen molar-refractivity contribution in [2.45, 2.75) is 44.9 Å². The standard InChI is InChI=1S/C22H30N2O4/c1-28-19-10-5-4-9-18(19)22(27)17-8-7-14-24(16-17)21(26)12-15-23-13-6-2-3-11-20(23)25/h4-5,9-10,17H,2-3,6-8,11-16H2,1H3/t17-/m0/s1. The number of para-hydroxylation sites is 1. The van der Waals surface area contributed by atoms with Gasteiger partial charge in [-0.05, 0) is 37.8 Å². The van der Waals surface area contributed by atoms with Crippen LogP contribution in [0.2, 0.25) is 0 Å². The van der Waals surface area contributed by atoms with Crippen LogP contribution in [-0.2, 0) is 9.59 Å². The third-order valence-electron chi connectivity index (χ3n) is 5.78. The second-order valence-corrected chi connectivity index (χ2v) is 7.68. The molecular weight excluding hydrogens is 356 g/mol. The van der Waals surface area contributed by atoms with Crippen LogP contribution in [0.5, 0.6) is 5.75 Å². The van der Waals surface area contributed by atoms with E-state index >= 15 is 0 Å². The molecule has 0 unspecified atom stereocenters. The molecule has 28 heavy (non-hydrogen) atoms. The van der Waals surface area contributed by atoms with Gasteiger partial charge in [-0.1, -0.05) is 18.6 Å². The van der Waals surface area contributed by atoms with Crippen LogP contribution in [0.4, 0.5) is 0 Å². The largest absolute Gasteiger partial charge is 0.496 e. The van der Waals surface area contributed by atoms with Gasteiger partial charge in [0, 0.05) is 44.9 Å². The molecule has 3 rings (SSSR count). The lowest BCUT2D eigenvalue weighted by molar-refractivity contribution is -0.135. The smallest absolute Gasteiger partial charge is 0.224 e. The maximum atomic E-state index is 13.0. The maximum absolute atomic E-state index is 13.0. The Kier molecular flexibility index (Phi) is 7.06. The first kappa shape index (κ1) is 20.4. The molecule has 0 bridgehead atoms. The van der Waals surface area contributed by atoms with Crippen molar-refractivity contribution < 1.29 is 19.1 Å². The Bertz CT molecular complexity index is 718. The molecule has 2 amide bonds. The zero-order valence-corrected chi connectivity index (χ0v) is 16.7. The van der Waals surface area contributed by atoms with E-state index in [0.29, 0.717) is 43.8 Å². The predicted molar refractivity (Wildman–Crippen MR) is 106 cm³/mol. The summed E-state index contributed by atoms with van der Waals surface area (Å²) in [5.74, 6) is 0.616. The lowest BCUT2D eigenvalue weighted by Gasteiger charge is -2.33. The van der Waals surface area contributed by atoms with Gasteiger partial charge in [0.2, 0.25) is 11.8 Å². The first-order valence-corrected chi connectivity index (χ1v) is 10.3. The summed E-state index contributed by atoms with van der Waals surface area (Å²) < 4.78 is 5.32. The van der Waals surface area contributed by atoms with E-state index in [1.165, 1.54) is 0 Å². The zero-order valence-electron chi connectivity index (χ0n) is 16.7. The van der Waals surface area contributed by atoms with Gasteiger partial charge in [0.25, 0.3) is 0 Å². The molecule has 0 saturated carbocycles. The highest BCUT2D eigenvalue weighted by molar-refractivity contribution is 6.00. The van der Waals surface area contributed by atoms with Crippen LogP contribution < -0.4 is 4.74 Å². The number of piperidine rings is 1. The van der Waals surface area contributed by atoms with Crippen LogP contribution in [0.1, 0.15) is 55.3 Å². The number of ketones is 1. The van der Waals surface area contributed by atoms with Crippen molar-refractivity contribution in [3.8, 4) is 5.75 Å². The molecule has 1 aromatic carbocycles. The molecule has 2 heterocycles. The van der Waals surface area contributed by atoms with Gasteiger partial charge in [0.15, 0.2) is 5.78 Å². The number of ether oxygens (including phenoxy) is 1. The molecule has 0 spiro atoms. The van der Waals surface area contributed by atoms with Crippen molar-refractivity contribution in [1.82, 2.24) is 9.80 Å². The average Bonchev–Trinajstić information content (AvgIpc) is 2.95. The lowest BCUT2D eigenvalue weighted by Crippen LogP contribution is -2.43. The monoisotopic (exact) mass is 386 g/mol. The summed E-state index contributed by atoms with van der Waals surface area (Å²) >= 11 is 0. The number of hydrogen-bond acceptors (Lipinski definition) is 4. The summed E-state index contributed by atoms with van der Waals surface area (Å²) in [4.78, 5) is 41.4. The van der Waals surface area contributed by atoms with Crippen LogP contribution in [-0.4, -0.2) is 60.7 Å². The average molecular weight is 386 g/mol. The summed E-state index contributed by atoms with van der Waals surface area (Å²) in [6, 6.07) is 7.25. The van der Waals surface area contributed by atoms with Crippen molar-refractivity contribution in [1.29, 1.82) is 0 Å². The van der Waals surface area contributed by atoms with Gasteiger partial charge in [0.1, 0.15) is 5.75 Å². The zero-order chi connectivity index (χ0) is 19.9. The summed E-state index contributed by atoms with van der Waals surface area (Å²) in [6.45, 7) is 2.37. The molecule has 1 aromatic rings. The fourth-order valence-electron chi connectivity index (χ4n) is 4.15. The number of benzene rings is 1. The van der Waals surface area contributed by atoms with Crippen LogP contribution in [0.15, 0.2) is 24.3 Å². The molecule has 2 aliphatic heterocycles. The van der Waals surface area contributed by atoms with Crippen molar-refractivity contribution in [3.05, 3.63) is 29.8 Å². The fraction of sp³-hybridized carbons (Fsp3) is 0.591. The summed E-state index contributed by atoms with van der Waals surface area (Å²) in [7, 11) is 1.56. The van der Waals surface area contributed by atoms with E-state index in [4.69, 9.17) is 4.74 Å². The topological polar surface area (TPSA) is 66.9 Å². The Morgan fingerprint density at radius 3 is 2.75 bits per heavy atom. The number of likely N-dealkylation sites (tertiary alicyclic amines) is 2. The Balaban J connectivity index is 1.57. The number of nitrogens with zero attached hydrogens (tertiary/aromatic N) is 2. The summed E-state index contributed by atoms with van der Waals surface area (Å²) in [5, 5.41) is 0. The van der Waals surface area contributed by atoms with Gasteiger partial charge >= 0.3 is 0 Å². The second kappa shape index (κ2) is 9.71. The normalized spacial score (nSPS) is 20.6. The van der Waals surface area contributed by atoms with Crippen molar-refractivity contribution >= 4 is 17.6 Å². The van der Waals surface area contributed by atoms with Gasteiger partial charge in [0.05, 0.1) is 12.7 Å². The molecule has 6 heteroatoms. The minimum absolute atomic E-state index is 0.0366. The quantitative estimate of drug-likeness (QED) is 0.705. The highest BCUT2D eigenvalue weighted by Gasteiger charge is 2.30. The first-order valence-electron chi connectivity index (χ1n) is 10.3. The first-order chi connectivity index (χ1) is 13.6. The van der Waals surface area contributed by atoms with Gasteiger partial charge in [-0.15, -0.1) is 0 Å². The molecular formula is C22H30N2O4. The second-order valence-electron chi connectivity index (χ2n) is 7.68. The Labute approximate surface area is 166 Å². The number of Topliss-reactive ketones (excluding diaryl/α,β-unsaturated/α-hetero) is 1. The van der Waals surface area contributed by atoms with Gasteiger partial charge < -0.3 is 14.5 Å². The Hall–Kier alpha value is -2.37. The molecule has 2 fully saturated rings. The molecule has 0 aromatic heterocycles. The highest BCUT2D eigenvalue weighted by atomic mass is 16.5. The molecule has 1 atom stereocenters. The van der Waals surface area contributed by atoms with E-state index in [9.17, 15) is 14.4 Å². The van der Waals surface area contributed by atoms with Crippen LogP contribution in [0, 0.1) is 5.92 Å². The Morgan fingerprint density at radius 2 is 1.93 bits per heavy atom. The van der Waals surface area contributed by atoms with Crippen molar-refractivity contribution in [2.75, 3.05) is 33.3 Å². The third kappa shape index (κ3) is 4.91. The number of methoxy groups -OCH3 is 1. The minimum Gasteiger partial charge on any atom is -0.496 e. The van der Waals surface area contributed by atoms with E-state index < -0.39 is 0 Å². The van der Waals surface area contributed by atoms with E-state index in [2.05, 4.69) is 0 Å². The lowest BCUT2D eigenvalue weighted by atomic mass is 9.89. The van der Waals surface area contributed by atoms with Crippen LogP contribution in [0.25, 0.3) is 0 Å². The molecule has 0 radical (unpaired) electrons. The number of rotatable bonds is 6. The van der Waals surface area contributed by atoms with Crippen molar-refractivity contribution in [3.63, 3.8) is 0 Å². The molecule has 0 N–H and O–H groups in total. The molecule has 0 aliphatic carbocycles. The van der Waals surface area contributed by atoms with E-state index in [-0.39, 0.29) is 23.5 Å². The number of carbonyl (C=O) groups is 3. The van der Waals surface area contributed by atoms with E-state index in [0.717, 1.165) is 38.6 Å². The van der Waals surface area contributed by atoms with E-state index in [1.807, 2.05) is 17.0 Å². The predicted octanol–water partition coefficient (Wildman–Crippen LogP) is 2.91. The van der Waals surface area contributed by atoms with E-state index in [1.54, 1.807) is 24.1 Å². The van der Waals surface area contributed by atoms with Crippen LogP contribution >= 0.6 is 0 Å². The molecule has 6 nitrogen and oxygen atoms in total. The number of amides is 2. The Morgan fingerprint density at radius 1 is 1.11 bits per heavy atom. The summed E-state index contributed by atoms with van der Waals surface area (Å²) in [5.41, 5.74) is 0.583. The van der Waals surface area contributed by atoms with Gasteiger partial charge in [-0.25, -0.2) is 0 Å². The highest BCUT2D eigenvalue weighted by Crippen LogP contribution is 2.26. The van der Waals surface area contributed by atoms with Gasteiger partial charge in [-0.2, -0.15) is 0 Å². The third-order valence-corrected chi connectivity index (χ3v) is 5.78.